The molecule has 0 unspecified atom stereocenters. The average Bonchev–Trinajstić information content (AvgIpc) is 2.39. The van der Waals surface area contributed by atoms with E-state index < -0.39 is 0 Å². The Labute approximate surface area is 146 Å². The molecule has 0 aliphatic rings. The fourth-order valence-corrected chi connectivity index (χ4v) is 3.14. The molecular formula is C14H10Br4O. The number of hydrogen-bond donors (Lipinski definition) is 0. The predicted molar refractivity (Wildman–Crippen MR) is 94.1 cm³/mol. The van der Waals surface area contributed by atoms with Crippen LogP contribution in [-0.4, -0.2) is 0 Å². The number of benzene rings is 2. The van der Waals surface area contributed by atoms with E-state index in [9.17, 15) is 0 Å². The lowest BCUT2D eigenvalue weighted by molar-refractivity contribution is 0.474. The van der Waals surface area contributed by atoms with Crippen LogP contribution in [0.2, 0.25) is 0 Å². The molecule has 0 saturated heterocycles. The van der Waals surface area contributed by atoms with E-state index in [2.05, 4.69) is 63.7 Å². The minimum absolute atomic E-state index is 0.0621. The summed E-state index contributed by atoms with van der Waals surface area (Å²) in [6, 6.07) is 15.9. The molecule has 2 aromatic rings. The first kappa shape index (κ1) is 15.5. The monoisotopic (exact) mass is 510 g/mol. The summed E-state index contributed by atoms with van der Waals surface area (Å²) in [7, 11) is 0. The Kier molecular flexibility index (Phi) is 5.93. The van der Waals surface area contributed by atoms with Gasteiger partial charge in [0.1, 0.15) is 11.5 Å². The van der Waals surface area contributed by atoms with Crippen molar-refractivity contribution < 1.29 is 4.74 Å². The van der Waals surface area contributed by atoms with E-state index in [-0.39, 0.29) is 7.47 Å². The molecule has 0 aliphatic carbocycles. The maximum Gasteiger partial charge on any atom is 0.132 e. The van der Waals surface area contributed by atoms with Gasteiger partial charge in [-0.15, -0.1) is 0 Å². The van der Waals surface area contributed by atoms with Crippen molar-refractivity contribution in [2.24, 2.45) is 0 Å². The second-order valence-electron chi connectivity index (χ2n) is 3.78. The van der Waals surface area contributed by atoms with E-state index in [1.807, 2.05) is 48.5 Å². The van der Waals surface area contributed by atoms with E-state index in [0.717, 1.165) is 22.6 Å². The fourth-order valence-electron chi connectivity index (χ4n) is 1.63. The van der Waals surface area contributed by atoms with E-state index in [1.165, 1.54) is 0 Å². The summed E-state index contributed by atoms with van der Waals surface area (Å²) in [4.78, 5) is 0. The molecule has 0 N–H and O–H groups in total. The summed E-state index contributed by atoms with van der Waals surface area (Å²) in [5.74, 6) is 1.66. The van der Waals surface area contributed by atoms with E-state index in [1.54, 1.807) is 0 Å². The van der Waals surface area contributed by atoms with E-state index >= 15 is 0 Å². The maximum absolute atomic E-state index is 6.04. The van der Waals surface area contributed by atoms with Crippen LogP contribution >= 0.6 is 63.7 Å². The lowest BCUT2D eigenvalue weighted by Gasteiger charge is -2.15. The highest BCUT2D eigenvalue weighted by molar-refractivity contribution is 9.24. The number of halogens is 4. The Hall–Kier alpha value is 0.160. The van der Waals surface area contributed by atoms with Gasteiger partial charge >= 0.3 is 0 Å². The van der Waals surface area contributed by atoms with Crippen molar-refractivity contribution in [1.29, 1.82) is 0 Å². The van der Waals surface area contributed by atoms with Gasteiger partial charge in [0.05, 0.1) is 7.47 Å². The molecule has 2 aromatic carbocycles. The molecule has 2 rings (SSSR count). The molecular weight excluding hydrogens is 504 g/mol. The highest BCUT2D eigenvalue weighted by Gasteiger charge is 2.14. The van der Waals surface area contributed by atoms with Crippen molar-refractivity contribution in [3.05, 3.63) is 59.7 Å². The normalized spacial score (nSPS) is 11.1. The summed E-state index contributed by atoms with van der Waals surface area (Å²) in [5, 5.41) is 0. The molecule has 0 bridgehead atoms. The molecule has 0 amide bonds. The van der Waals surface area contributed by atoms with Crippen molar-refractivity contribution in [2.75, 3.05) is 0 Å². The summed E-state index contributed by atoms with van der Waals surface area (Å²) in [6.45, 7) is 0. The van der Waals surface area contributed by atoms with Gasteiger partial charge in [-0.05, 0) is 12.1 Å². The van der Waals surface area contributed by atoms with Crippen LogP contribution in [0, 0.1) is 0 Å². The third-order valence-corrected chi connectivity index (χ3v) is 4.50. The molecule has 1 nitrogen and oxygen atoms in total. The van der Waals surface area contributed by atoms with Gasteiger partial charge in [0.15, 0.2) is 0 Å². The van der Waals surface area contributed by atoms with Gasteiger partial charge in [-0.25, -0.2) is 0 Å². The number of hydrogen-bond acceptors (Lipinski definition) is 1. The number of rotatable bonds is 4. The second kappa shape index (κ2) is 7.25. The van der Waals surface area contributed by atoms with E-state index in [4.69, 9.17) is 4.74 Å². The van der Waals surface area contributed by atoms with Crippen LogP contribution < -0.4 is 4.74 Å². The SMILES string of the molecule is BrC(Br)c1ccccc1Oc1ccccc1C(Br)Br. The Balaban J connectivity index is 2.37. The Morgan fingerprint density at radius 1 is 0.632 bits per heavy atom. The van der Waals surface area contributed by atoms with Gasteiger partial charge in [0.2, 0.25) is 0 Å². The highest BCUT2D eigenvalue weighted by atomic mass is 79.9. The van der Waals surface area contributed by atoms with Crippen molar-refractivity contribution >= 4 is 63.7 Å². The summed E-state index contributed by atoms with van der Waals surface area (Å²) in [5.41, 5.74) is 2.11. The lowest BCUT2D eigenvalue weighted by Crippen LogP contribution is -1.94. The first-order valence-electron chi connectivity index (χ1n) is 5.51. The molecule has 0 spiro atoms. The molecule has 0 heterocycles. The van der Waals surface area contributed by atoms with Crippen LogP contribution in [0.25, 0.3) is 0 Å². The van der Waals surface area contributed by atoms with Crippen LogP contribution in [0.4, 0.5) is 0 Å². The highest BCUT2D eigenvalue weighted by Crippen LogP contribution is 2.41. The minimum Gasteiger partial charge on any atom is -0.457 e. The summed E-state index contributed by atoms with van der Waals surface area (Å²) in [6.07, 6.45) is 0. The quantitative estimate of drug-likeness (QED) is 0.398. The smallest absolute Gasteiger partial charge is 0.132 e. The number of ether oxygens (including phenoxy) is 1. The van der Waals surface area contributed by atoms with Crippen molar-refractivity contribution in [1.82, 2.24) is 0 Å². The van der Waals surface area contributed by atoms with Crippen LogP contribution in [0.5, 0.6) is 11.5 Å². The van der Waals surface area contributed by atoms with Gasteiger partial charge < -0.3 is 4.74 Å². The lowest BCUT2D eigenvalue weighted by atomic mass is 10.2. The third kappa shape index (κ3) is 4.06. The van der Waals surface area contributed by atoms with Gasteiger partial charge in [-0.3, -0.25) is 0 Å². The number of para-hydroxylation sites is 2. The molecule has 19 heavy (non-hydrogen) atoms. The van der Waals surface area contributed by atoms with Gasteiger partial charge in [-0.1, -0.05) is 100 Å². The van der Waals surface area contributed by atoms with Crippen molar-refractivity contribution in [3.8, 4) is 11.5 Å². The van der Waals surface area contributed by atoms with Crippen molar-refractivity contribution in [2.45, 2.75) is 7.47 Å². The minimum atomic E-state index is 0.0621. The first-order valence-corrected chi connectivity index (χ1v) is 9.18. The maximum atomic E-state index is 6.04. The zero-order valence-corrected chi connectivity index (χ0v) is 16.0. The fraction of sp³-hybridized carbons (Fsp3) is 0.143. The van der Waals surface area contributed by atoms with Gasteiger partial charge in [0, 0.05) is 11.1 Å². The van der Waals surface area contributed by atoms with E-state index in [0.29, 0.717) is 0 Å². The van der Waals surface area contributed by atoms with Crippen LogP contribution in [-0.2, 0) is 0 Å². The standard InChI is InChI=1S/C14H10Br4O/c15-13(16)9-5-1-3-7-11(9)19-12-8-4-2-6-10(12)14(17)18/h1-8,13-14H. The predicted octanol–water partition coefficient (Wildman–Crippen LogP) is 7.06. The zero-order chi connectivity index (χ0) is 13.8. The molecule has 5 heteroatoms. The number of alkyl halides is 4. The van der Waals surface area contributed by atoms with Crippen LogP contribution in [0.1, 0.15) is 18.6 Å². The molecule has 0 radical (unpaired) electrons. The third-order valence-electron chi connectivity index (χ3n) is 2.53. The largest absolute Gasteiger partial charge is 0.457 e. The zero-order valence-electron chi connectivity index (χ0n) is 9.69. The Morgan fingerprint density at radius 2 is 1.00 bits per heavy atom. The Morgan fingerprint density at radius 3 is 1.37 bits per heavy atom. The molecule has 0 fully saturated rings. The molecule has 0 atom stereocenters. The van der Waals surface area contributed by atoms with Crippen LogP contribution in [0.15, 0.2) is 48.5 Å². The summed E-state index contributed by atoms with van der Waals surface area (Å²) < 4.78 is 6.17. The first-order chi connectivity index (χ1) is 9.09. The second-order valence-corrected chi connectivity index (χ2v) is 9.90. The summed E-state index contributed by atoms with van der Waals surface area (Å²) >= 11 is 14.0. The van der Waals surface area contributed by atoms with Crippen LogP contribution in [0.3, 0.4) is 0 Å². The average molecular weight is 514 g/mol. The molecule has 100 valence electrons. The van der Waals surface area contributed by atoms with Crippen molar-refractivity contribution in [3.63, 3.8) is 0 Å². The Bertz CT molecular complexity index is 505. The van der Waals surface area contributed by atoms with Gasteiger partial charge in [0.25, 0.3) is 0 Å². The molecule has 0 aliphatic heterocycles. The topological polar surface area (TPSA) is 9.23 Å². The molecule has 0 aromatic heterocycles. The van der Waals surface area contributed by atoms with Gasteiger partial charge in [-0.2, -0.15) is 0 Å². The molecule has 0 saturated carbocycles.